The van der Waals surface area contributed by atoms with Crippen LogP contribution in [0.25, 0.3) is 0 Å². The van der Waals surface area contributed by atoms with E-state index in [4.69, 9.17) is 4.74 Å². The lowest BCUT2D eigenvalue weighted by Gasteiger charge is -2.55. The number of fused-ring (bicyclic) bond motifs is 1. The highest BCUT2D eigenvalue weighted by Crippen LogP contribution is 2.54. The molecule has 2 aliphatic carbocycles. The summed E-state index contributed by atoms with van der Waals surface area (Å²) in [6.45, 7) is 0.0427. The first kappa shape index (κ1) is 16.1. The molecule has 1 heterocycles. The average molecular weight is 336 g/mol. The predicted molar refractivity (Wildman–Crippen MR) is 96.3 cm³/mol. The van der Waals surface area contributed by atoms with Gasteiger partial charge in [-0.2, -0.15) is 0 Å². The van der Waals surface area contributed by atoms with E-state index >= 15 is 0 Å². The Morgan fingerprint density at radius 3 is 2.64 bits per heavy atom. The van der Waals surface area contributed by atoms with E-state index in [0.717, 1.165) is 0 Å². The van der Waals surface area contributed by atoms with Crippen molar-refractivity contribution in [3.8, 4) is 5.75 Å². The molecule has 1 aromatic heterocycles. The minimum absolute atomic E-state index is 0.0427. The number of pyridine rings is 1. The zero-order chi connectivity index (χ0) is 17.1. The number of hydrogen-bond acceptors (Lipinski definition) is 3. The smallest absolute Gasteiger partial charge is 0.258 e. The Bertz CT molecular complexity index is 704. The molecule has 25 heavy (non-hydrogen) atoms. The molecule has 2 saturated carbocycles. The normalized spacial score (nSPS) is 27.7. The van der Waals surface area contributed by atoms with E-state index in [9.17, 15) is 4.79 Å². The van der Waals surface area contributed by atoms with Crippen LogP contribution in [0.1, 0.15) is 37.2 Å². The van der Waals surface area contributed by atoms with Crippen LogP contribution in [0.15, 0.2) is 54.9 Å². The summed E-state index contributed by atoms with van der Waals surface area (Å²) in [6, 6.07) is 14.5. The molecule has 4 rings (SSSR count). The topological polar surface area (TPSA) is 51.2 Å². The van der Waals surface area contributed by atoms with Crippen LogP contribution in [0.2, 0.25) is 0 Å². The van der Waals surface area contributed by atoms with Gasteiger partial charge in [-0.15, -0.1) is 0 Å². The monoisotopic (exact) mass is 336 g/mol. The number of aromatic nitrogens is 1. The predicted octanol–water partition coefficient (Wildman–Crippen LogP) is 3.55. The molecule has 2 aromatic rings. The van der Waals surface area contributed by atoms with Crippen molar-refractivity contribution in [2.75, 3.05) is 6.61 Å². The van der Waals surface area contributed by atoms with Crippen molar-refractivity contribution in [1.82, 2.24) is 10.3 Å². The van der Waals surface area contributed by atoms with Gasteiger partial charge in [0.05, 0.1) is 6.20 Å². The van der Waals surface area contributed by atoms with E-state index in [1.807, 2.05) is 6.07 Å². The molecule has 2 aliphatic rings. The number of carbonyl (C=O) groups excluding carboxylic acids is 1. The largest absolute Gasteiger partial charge is 0.482 e. The summed E-state index contributed by atoms with van der Waals surface area (Å²) in [5.41, 5.74) is 1.35. The maximum absolute atomic E-state index is 12.4. The maximum Gasteiger partial charge on any atom is 0.258 e. The third kappa shape index (κ3) is 3.39. The second-order valence-electron chi connectivity index (χ2n) is 7.12. The fraction of sp³-hybridized carbons (Fsp3) is 0.429. The van der Waals surface area contributed by atoms with Gasteiger partial charge in [-0.1, -0.05) is 43.2 Å². The highest BCUT2D eigenvalue weighted by Gasteiger charge is 2.51. The summed E-state index contributed by atoms with van der Waals surface area (Å²) < 4.78 is 5.54. The van der Waals surface area contributed by atoms with E-state index in [-0.39, 0.29) is 18.6 Å². The van der Waals surface area contributed by atoms with Crippen LogP contribution < -0.4 is 10.1 Å². The van der Waals surface area contributed by atoms with Gasteiger partial charge in [-0.25, -0.2) is 0 Å². The van der Waals surface area contributed by atoms with E-state index in [1.165, 1.54) is 31.2 Å². The van der Waals surface area contributed by atoms with Crippen LogP contribution in [0.4, 0.5) is 0 Å². The Hall–Kier alpha value is -2.36. The summed E-state index contributed by atoms with van der Waals surface area (Å²) in [4.78, 5) is 16.4. The van der Waals surface area contributed by atoms with Crippen LogP contribution in [0.3, 0.4) is 0 Å². The summed E-state index contributed by atoms with van der Waals surface area (Å²) >= 11 is 0. The van der Waals surface area contributed by atoms with E-state index in [2.05, 4.69) is 40.6 Å². The third-order valence-corrected chi connectivity index (χ3v) is 5.70. The standard InChI is InChI=1S/C21H24N2O2/c24-19(14-25-16-9-6-12-22-13-16)23-21-18-11-5-4-10-17(18)20(21)15-7-2-1-3-8-15/h1-3,6-9,12-13,17-18,20-21H,4-5,10-11,14H2,(H,23,24)/t17-,18+,20-,21-/m0/s1. The molecule has 1 aromatic carbocycles. The number of amides is 1. The van der Waals surface area contributed by atoms with Crippen molar-refractivity contribution < 1.29 is 9.53 Å². The first-order chi connectivity index (χ1) is 12.3. The first-order valence-electron chi connectivity index (χ1n) is 9.20. The first-order valence-corrected chi connectivity index (χ1v) is 9.20. The van der Waals surface area contributed by atoms with E-state index < -0.39 is 0 Å². The van der Waals surface area contributed by atoms with Gasteiger partial charge >= 0.3 is 0 Å². The van der Waals surface area contributed by atoms with Crippen molar-refractivity contribution in [2.24, 2.45) is 11.8 Å². The second-order valence-corrected chi connectivity index (χ2v) is 7.12. The minimum Gasteiger partial charge on any atom is -0.482 e. The van der Waals surface area contributed by atoms with Crippen LogP contribution in [-0.4, -0.2) is 23.5 Å². The van der Waals surface area contributed by atoms with Crippen LogP contribution >= 0.6 is 0 Å². The van der Waals surface area contributed by atoms with Gasteiger partial charge in [-0.3, -0.25) is 9.78 Å². The Morgan fingerprint density at radius 1 is 1.08 bits per heavy atom. The summed E-state index contributed by atoms with van der Waals surface area (Å²) in [6.07, 6.45) is 8.41. The highest BCUT2D eigenvalue weighted by molar-refractivity contribution is 5.78. The molecule has 0 unspecified atom stereocenters. The van der Waals surface area contributed by atoms with Crippen LogP contribution in [0.5, 0.6) is 5.75 Å². The molecule has 130 valence electrons. The van der Waals surface area contributed by atoms with Gasteiger partial charge in [0, 0.05) is 18.2 Å². The zero-order valence-electron chi connectivity index (χ0n) is 14.3. The van der Waals surface area contributed by atoms with Crippen molar-refractivity contribution >= 4 is 5.91 Å². The van der Waals surface area contributed by atoms with Crippen molar-refractivity contribution in [3.05, 3.63) is 60.4 Å². The number of carbonyl (C=O) groups is 1. The molecule has 4 atom stereocenters. The van der Waals surface area contributed by atoms with Gasteiger partial charge in [-0.05, 0) is 42.4 Å². The summed E-state index contributed by atoms with van der Waals surface area (Å²) in [7, 11) is 0. The molecule has 0 bridgehead atoms. The van der Waals surface area contributed by atoms with Gasteiger partial charge in [0.15, 0.2) is 6.61 Å². The van der Waals surface area contributed by atoms with Crippen LogP contribution in [-0.2, 0) is 4.79 Å². The second kappa shape index (κ2) is 7.26. The van der Waals surface area contributed by atoms with Gasteiger partial charge in [0.1, 0.15) is 5.75 Å². The summed E-state index contributed by atoms with van der Waals surface area (Å²) in [5, 5.41) is 3.25. The molecule has 4 nitrogen and oxygen atoms in total. The van der Waals surface area contributed by atoms with E-state index in [1.54, 1.807) is 18.5 Å². The van der Waals surface area contributed by atoms with Gasteiger partial charge in [0.25, 0.3) is 5.91 Å². The lowest BCUT2D eigenvalue weighted by atomic mass is 9.53. The Morgan fingerprint density at radius 2 is 1.88 bits per heavy atom. The number of rotatable bonds is 5. The van der Waals surface area contributed by atoms with E-state index in [0.29, 0.717) is 23.5 Å². The fourth-order valence-electron chi connectivity index (χ4n) is 4.60. The molecule has 0 aliphatic heterocycles. The molecule has 1 amide bonds. The minimum atomic E-state index is -0.0428. The molecule has 0 spiro atoms. The van der Waals surface area contributed by atoms with Gasteiger partial charge < -0.3 is 10.1 Å². The van der Waals surface area contributed by atoms with Crippen LogP contribution in [0, 0.1) is 11.8 Å². The highest BCUT2D eigenvalue weighted by atomic mass is 16.5. The molecule has 1 N–H and O–H groups in total. The molecule has 2 fully saturated rings. The quantitative estimate of drug-likeness (QED) is 0.908. The number of nitrogens with one attached hydrogen (secondary N) is 1. The fourth-order valence-corrected chi connectivity index (χ4v) is 4.60. The average Bonchev–Trinajstić information content (AvgIpc) is 2.66. The molecular weight excluding hydrogens is 312 g/mol. The molecule has 0 saturated heterocycles. The summed E-state index contributed by atoms with van der Waals surface area (Å²) in [5.74, 6) is 2.34. The molecular formula is C21H24N2O2. The Balaban J connectivity index is 1.41. The third-order valence-electron chi connectivity index (χ3n) is 5.70. The Kier molecular flexibility index (Phi) is 4.68. The van der Waals surface area contributed by atoms with Gasteiger partial charge in [0.2, 0.25) is 0 Å². The maximum atomic E-state index is 12.4. The molecule has 0 radical (unpaired) electrons. The number of benzene rings is 1. The molecule has 4 heteroatoms. The lowest BCUT2D eigenvalue weighted by Crippen LogP contribution is -2.59. The Labute approximate surface area is 148 Å². The SMILES string of the molecule is O=C(COc1cccnc1)N[C@H]1[C@@H]2CCCC[C@@H]2[C@@H]1c1ccccc1. The number of nitrogens with zero attached hydrogens (tertiary/aromatic N) is 1. The van der Waals surface area contributed by atoms with Crippen molar-refractivity contribution in [2.45, 2.75) is 37.6 Å². The lowest BCUT2D eigenvalue weighted by molar-refractivity contribution is -0.126. The zero-order valence-corrected chi connectivity index (χ0v) is 14.3. The number of hydrogen-bond donors (Lipinski definition) is 1. The number of ether oxygens (including phenoxy) is 1. The van der Waals surface area contributed by atoms with Crippen molar-refractivity contribution in [1.29, 1.82) is 0 Å². The van der Waals surface area contributed by atoms with Crippen molar-refractivity contribution in [3.63, 3.8) is 0 Å².